The summed E-state index contributed by atoms with van der Waals surface area (Å²) in [7, 11) is 3.28. The molecule has 0 amide bonds. The van der Waals surface area contributed by atoms with Crippen molar-refractivity contribution in [2.45, 2.75) is 12.7 Å². The predicted molar refractivity (Wildman–Crippen MR) is 65.6 cm³/mol. The molecule has 0 unspecified atom stereocenters. The SMILES string of the molecule is COC(CC=Cc1ccc(Br)cc1)OC. The Morgan fingerprint density at radius 3 is 2.33 bits per heavy atom. The molecule has 0 bridgehead atoms. The third-order valence-electron chi connectivity index (χ3n) is 2.03. The Kier molecular flexibility index (Phi) is 5.61. The van der Waals surface area contributed by atoms with Crippen LogP contribution in [-0.2, 0) is 9.47 Å². The van der Waals surface area contributed by atoms with Crippen molar-refractivity contribution in [3.8, 4) is 0 Å². The van der Waals surface area contributed by atoms with Gasteiger partial charge in [0.2, 0.25) is 0 Å². The van der Waals surface area contributed by atoms with Gasteiger partial charge in [-0.1, -0.05) is 40.2 Å². The maximum atomic E-state index is 5.08. The van der Waals surface area contributed by atoms with E-state index in [4.69, 9.17) is 9.47 Å². The molecule has 0 aliphatic rings. The van der Waals surface area contributed by atoms with E-state index < -0.39 is 0 Å². The quantitative estimate of drug-likeness (QED) is 0.763. The topological polar surface area (TPSA) is 18.5 Å². The molecule has 0 atom stereocenters. The van der Waals surface area contributed by atoms with Gasteiger partial charge in [-0.15, -0.1) is 0 Å². The third-order valence-corrected chi connectivity index (χ3v) is 2.56. The normalized spacial score (nSPS) is 11.5. The summed E-state index contributed by atoms with van der Waals surface area (Å²) in [5.41, 5.74) is 1.17. The van der Waals surface area contributed by atoms with Crippen LogP contribution >= 0.6 is 15.9 Å². The number of halogens is 1. The van der Waals surface area contributed by atoms with E-state index in [9.17, 15) is 0 Å². The third kappa shape index (κ3) is 4.60. The molecule has 0 fully saturated rings. The number of ether oxygens (including phenoxy) is 2. The van der Waals surface area contributed by atoms with Crippen LogP contribution in [0.3, 0.4) is 0 Å². The summed E-state index contributed by atoms with van der Waals surface area (Å²) < 4.78 is 11.2. The Balaban J connectivity index is 2.47. The molecule has 0 N–H and O–H groups in total. The second-order valence-electron chi connectivity index (χ2n) is 3.09. The van der Waals surface area contributed by atoms with Gasteiger partial charge >= 0.3 is 0 Å². The van der Waals surface area contributed by atoms with E-state index in [1.807, 2.05) is 18.2 Å². The number of hydrogen-bond acceptors (Lipinski definition) is 2. The lowest BCUT2D eigenvalue weighted by Gasteiger charge is -2.09. The van der Waals surface area contributed by atoms with Gasteiger partial charge in [0.05, 0.1) is 0 Å². The molecule has 0 saturated carbocycles. The monoisotopic (exact) mass is 270 g/mol. The van der Waals surface area contributed by atoms with Crippen LogP contribution in [0.25, 0.3) is 6.08 Å². The van der Waals surface area contributed by atoms with E-state index in [0.29, 0.717) is 0 Å². The standard InChI is InChI=1S/C12H15BrO2/c1-14-12(15-2)5-3-4-10-6-8-11(13)9-7-10/h3-4,6-9,12H,5H2,1-2H3. The average Bonchev–Trinajstić information content (AvgIpc) is 2.27. The van der Waals surface area contributed by atoms with E-state index in [-0.39, 0.29) is 6.29 Å². The molecule has 0 heterocycles. The zero-order valence-electron chi connectivity index (χ0n) is 8.94. The molecular formula is C12H15BrO2. The van der Waals surface area contributed by atoms with Crippen molar-refractivity contribution in [3.05, 3.63) is 40.4 Å². The highest BCUT2D eigenvalue weighted by Gasteiger charge is 2.00. The molecule has 1 aromatic rings. The Bertz CT molecular complexity index is 302. The van der Waals surface area contributed by atoms with Crippen LogP contribution in [0.2, 0.25) is 0 Å². The van der Waals surface area contributed by atoms with Crippen molar-refractivity contribution in [2.24, 2.45) is 0 Å². The summed E-state index contributed by atoms with van der Waals surface area (Å²) in [5, 5.41) is 0. The van der Waals surface area contributed by atoms with Crippen LogP contribution in [0.4, 0.5) is 0 Å². The lowest BCUT2D eigenvalue weighted by molar-refractivity contribution is -0.0985. The number of rotatable bonds is 5. The van der Waals surface area contributed by atoms with Crippen LogP contribution in [0.1, 0.15) is 12.0 Å². The molecule has 1 aromatic carbocycles. The first-order valence-electron chi connectivity index (χ1n) is 4.74. The van der Waals surface area contributed by atoms with Crippen molar-refractivity contribution >= 4 is 22.0 Å². The van der Waals surface area contributed by atoms with Gasteiger partial charge in [0.25, 0.3) is 0 Å². The van der Waals surface area contributed by atoms with Gasteiger partial charge in [-0.05, 0) is 17.7 Å². The lowest BCUT2D eigenvalue weighted by Crippen LogP contribution is -2.10. The Morgan fingerprint density at radius 2 is 1.80 bits per heavy atom. The second-order valence-corrected chi connectivity index (χ2v) is 4.01. The fourth-order valence-electron chi connectivity index (χ4n) is 1.18. The van der Waals surface area contributed by atoms with Crippen LogP contribution < -0.4 is 0 Å². The molecule has 15 heavy (non-hydrogen) atoms. The molecular weight excluding hydrogens is 256 g/mol. The smallest absolute Gasteiger partial charge is 0.160 e. The lowest BCUT2D eigenvalue weighted by atomic mass is 10.2. The van der Waals surface area contributed by atoms with Crippen molar-refractivity contribution < 1.29 is 9.47 Å². The van der Waals surface area contributed by atoms with Crippen LogP contribution in [0.15, 0.2) is 34.8 Å². The van der Waals surface area contributed by atoms with Crippen LogP contribution in [0.5, 0.6) is 0 Å². The summed E-state index contributed by atoms with van der Waals surface area (Å²) in [5.74, 6) is 0. The highest BCUT2D eigenvalue weighted by Crippen LogP contribution is 2.12. The van der Waals surface area contributed by atoms with Gasteiger partial charge in [-0.3, -0.25) is 0 Å². The Morgan fingerprint density at radius 1 is 1.20 bits per heavy atom. The van der Waals surface area contributed by atoms with Gasteiger partial charge in [-0.2, -0.15) is 0 Å². The van der Waals surface area contributed by atoms with Crippen LogP contribution in [-0.4, -0.2) is 20.5 Å². The van der Waals surface area contributed by atoms with Gasteiger partial charge in [0.1, 0.15) is 0 Å². The molecule has 82 valence electrons. The van der Waals surface area contributed by atoms with Crippen molar-refractivity contribution in [1.29, 1.82) is 0 Å². The molecule has 0 radical (unpaired) electrons. The fraction of sp³-hybridized carbons (Fsp3) is 0.333. The minimum absolute atomic E-state index is 0.156. The molecule has 0 saturated heterocycles. The second kappa shape index (κ2) is 6.77. The summed E-state index contributed by atoms with van der Waals surface area (Å²) in [4.78, 5) is 0. The van der Waals surface area contributed by atoms with Crippen molar-refractivity contribution in [2.75, 3.05) is 14.2 Å². The zero-order chi connectivity index (χ0) is 11.1. The molecule has 3 heteroatoms. The highest BCUT2D eigenvalue weighted by atomic mass is 79.9. The largest absolute Gasteiger partial charge is 0.356 e. The summed E-state index contributed by atoms with van der Waals surface area (Å²) in [6.45, 7) is 0. The minimum Gasteiger partial charge on any atom is -0.356 e. The summed E-state index contributed by atoms with van der Waals surface area (Å²) in [6, 6.07) is 8.14. The van der Waals surface area contributed by atoms with Gasteiger partial charge < -0.3 is 9.47 Å². The minimum atomic E-state index is -0.156. The van der Waals surface area contributed by atoms with Crippen molar-refractivity contribution in [1.82, 2.24) is 0 Å². The summed E-state index contributed by atoms with van der Waals surface area (Å²) in [6.07, 6.45) is 4.69. The highest BCUT2D eigenvalue weighted by molar-refractivity contribution is 9.10. The first-order valence-corrected chi connectivity index (χ1v) is 5.53. The van der Waals surface area contributed by atoms with Crippen LogP contribution in [0, 0.1) is 0 Å². The molecule has 0 aliphatic heterocycles. The molecule has 1 rings (SSSR count). The maximum absolute atomic E-state index is 5.08. The fourth-order valence-corrected chi connectivity index (χ4v) is 1.44. The Hall–Kier alpha value is -0.640. The van der Waals surface area contributed by atoms with E-state index >= 15 is 0 Å². The van der Waals surface area contributed by atoms with Gasteiger partial charge in [0, 0.05) is 25.1 Å². The zero-order valence-corrected chi connectivity index (χ0v) is 10.5. The first-order chi connectivity index (χ1) is 7.26. The van der Waals surface area contributed by atoms with E-state index in [1.54, 1.807) is 14.2 Å². The van der Waals surface area contributed by atoms with Crippen molar-refractivity contribution in [3.63, 3.8) is 0 Å². The van der Waals surface area contributed by atoms with E-state index in [1.165, 1.54) is 5.56 Å². The number of hydrogen-bond donors (Lipinski definition) is 0. The van der Waals surface area contributed by atoms with E-state index in [2.05, 4.69) is 34.1 Å². The predicted octanol–water partition coefficient (Wildman–Crippen LogP) is 3.47. The Labute approximate surface area is 99.0 Å². The molecule has 0 spiro atoms. The van der Waals surface area contributed by atoms with Gasteiger partial charge in [-0.25, -0.2) is 0 Å². The molecule has 0 aliphatic carbocycles. The summed E-state index contributed by atoms with van der Waals surface area (Å²) >= 11 is 3.40. The maximum Gasteiger partial charge on any atom is 0.160 e. The number of methoxy groups -OCH3 is 2. The first kappa shape index (κ1) is 12.4. The van der Waals surface area contributed by atoms with Gasteiger partial charge in [0.15, 0.2) is 6.29 Å². The molecule has 2 nitrogen and oxygen atoms in total. The average molecular weight is 271 g/mol. The van der Waals surface area contributed by atoms with E-state index in [0.717, 1.165) is 10.9 Å². The molecule has 0 aromatic heterocycles. The number of benzene rings is 1.